The molecule has 4 heteroatoms. The molecule has 2 N–H and O–H groups in total. The lowest BCUT2D eigenvalue weighted by atomic mass is 10.4. The Hall–Kier alpha value is -0.770. The summed E-state index contributed by atoms with van der Waals surface area (Å²) in [6.45, 7) is 7.95. The van der Waals surface area contributed by atoms with Gasteiger partial charge in [-0.05, 0) is 44.4 Å². The first kappa shape index (κ1) is 13.7. The molecule has 0 saturated heterocycles. The Morgan fingerprint density at radius 2 is 2.17 bits per heavy atom. The van der Waals surface area contributed by atoms with E-state index in [0.29, 0.717) is 6.04 Å². The second kappa shape index (κ2) is 6.98. The minimum Gasteiger partial charge on any atom is -0.381 e. The van der Waals surface area contributed by atoms with E-state index in [-0.39, 0.29) is 0 Å². The lowest BCUT2D eigenvalue weighted by Gasteiger charge is -2.10. The lowest BCUT2D eigenvalue weighted by molar-refractivity contribution is 0.123. The van der Waals surface area contributed by atoms with Crippen LogP contribution in [0.3, 0.4) is 0 Å². The Bertz CT molecular complexity index is 276. The number of rotatable bonds is 8. The van der Waals surface area contributed by atoms with Crippen LogP contribution in [0.15, 0.2) is 4.99 Å². The molecule has 104 valence electrons. The molecule has 0 radical (unpaired) electrons. The molecule has 4 nitrogen and oxygen atoms in total. The monoisotopic (exact) mass is 253 g/mol. The summed E-state index contributed by atoms with van der Waals surface area (Å²) >= 11 is 0. The maximum absolute atomic E-state index is 5.60. The summed E-state index contributed by atoms with van der Waals surface area (Å²) in [6, 6.07) is 0.633. The van der Waals surface area contributed by atoms with Crippen LogP contribution >= 0.6 is 0 Å². The molecule has 0 amide bonds. The van der Waals surface area contributed by atoms with Crippen molar-refractivity contribution in [3.63, 3.8) is 0 Å². The molecule has 0 heterocycles. The summed E-state index contributed by atoms with van der Waals surface area (Å²) in [5.74, 6) is 2.63. The minimum atomic E-state index is 0.633. The first-order valence-corrected chi connectivity index (χ1v) is 7.42. The topological polar surface area (TPSA) is 45.7 Å². The second-order valence-corrected chi connectivity index (χ2v) is 5.60. The normalized spacial score (nSPS) is 27.1. The first-order valence-electron chi connectivity index (χ1n) is 7.42. The highest BCUT2D eigenvalue weighted by Gasteiger charge is 2.33. The highest BCUT2D eigenvalue weighted by Crippen LogP contribution is 2.29. The Labute approximate surface area is 111 Å². The van der Waals surface area contributed by atoms with Crippen LogP contribution in [0.1, 0.15) is 39.5 Å². The van der Waals surface area contributed by atoms with E-state index in [1.165, 1.54) is 19.3 Å². The number of nitrogens with one attached hydrogen (secondary N) is 2. The van der Waals surface area contributed by atoms with Gasteiger partial charge in [-0.3, -0.25) is 4.99 Å². The van der Waals surface area contributed by atoms with Gasteiger partial charge >= 0.3 is 0 Å². The lowest BCUT2D eigenvalue weighted by Crippen LogP contribution is -2.39. The first-order chi connectivity index (χ1) is 8.79. The van der Waals surface area contributed by atoms with Gasteiger partial charge in [-0.25, -0.2) is 0 Å². The van der Waals surface area contributed by atoms with E-state index in [1.54, 1.807) is 0 Å². The third kappa shape index (κ3) is 5.25. The van der Waals surface area contributed by atoms with Gasteiger partial charge in [-0.2, -0.15) is 0 Å². The highest BCUT2D eigenvalue weighted by molar-refractivity contribution is 5.80. The van der Waals surface area contributed by atoms with E-state index in [2.05, 4.69) is 29.5 Å². The van der Waals surface area contributed by atoms with E-state index in [1.807, 2.05) is 0 Å². The van der Waals surface area contributed by atoms with E-state index in [9.17, 15) is 0 Å². The van der Waals surface area contributed by atoms with Crippen molar-refractivity contribution < 1.29 is 4.74 Å². The average Bonchev–Trinajstić information content (AvgIpc) is 3.24. The van der Waals surface area contributed by atoms with Gasteiger partial charge in [0.25, 0.3) is 0 Å². The van der Waals surface area contributed by atoms with Crippen molar-refractivity contribution in [1.82, 2.24) is 10.6 Å². The van der Waals surface area contributed by atoms with Crippen LogP contribution < -0.4 is 10.6 Å². The molecule has 2 rings (SSSR count). The smallest absolute Gasteiger partial charge is 0.191 e. The molecule has 2 atom stereocenters. The van der Waals surface area contributed by atoms with Gasteiger partial charge in [0.05, 0.1) is 0 Å². The average molecular weight is 253 g/mol. The maximum atomic E-state index is 5.60. The predicted octanol–water partition coefficient (Wildman–Crippen LogP) is 1.77. The fourth-order valence-electron chi connectivity index (χ4n) is 1.91. The molecule has 0 bridgehead atoms. The molecule has 0 aromatic carbocycles. The van der Waals surface area contributed by atoms with Crippen molar-refractivity contribution in [2.75, 3.05) is 26.3 Å². The second-order valence-electron chi connectivity index (χ2n) is 5.60. The van der Waals surface area contributed by atoms with Gasteiger partial charge in [0, 0.05) is 32.3 Å². The van der Waals surface area contributed by atoms with Crippen LogP contribution in [0.2, 0.25) is 0 Å². The van der Waals surface area contributed by atoms with Crippen molar-refractivity contribution in [3.8, 4) is 0 Å². The number of guanidine groups is 1. The van der Waals surface area contributed by atoms with E-state index in [4.69, 9.17) is 4.74 Å². The third-order valence-electron chi connectivity index (χ3n) is 3.54. The molecule has 0 aromatic heterocycles. The predicted molar refractivity (Wildman–Crippen MR) is 74.8 cm³/mol. The Morgan fingerprint density at radius 1 is 1.39 bits per heavy atom. The highest BCUT2D eigenvalue weighted by atomic mass is 16.5. The zero-order chi connectivity index (χ0) is 12.8. The Kier molecular flexibility index (Phi) is 5.29. The van der Waals surface area contributed by atoms with Crippen LogP contribution in [0.4, 0.5) is 0 Å². The van der Waals surface area contributed by atoms with Gasteiger partial charge in [0.1, 0.15) is 0 Å². The number of aliphatic imine (C=N–C) groups is 1. The Morgan fingerprint density at radius 3 is 2.78 bits per heavy atom. The van der Waals surface area contributed by atoms with Gasteiger partial charge in [-0.1, -0.05) is 6.92 Å². The Balaban J connectivity index is 1.54. The van der Waals surface area contributed by atoms with Gasteiger partial charge in [-0.15, -0.1) is 0 Å². The number of hydrogen-bond donors (Lipinski definition) is 2. The van der Waals surface area contributed by atoms with Gasteiger partial charge < -0.3 is 15.4 Å². The van der Waals surface area contributed by atoms with Gasteiger partial charge in [0.15, 0.2) is 5.96 Å². The van der Waals surface area contributed by atoms with E-state index in [0.717, 1.165) is 50.5 Å². The van der Waals surface area contributed by atoms with Crippen molar-refractivity contribution in [2.45, 2.75) is 45.6 Å². The largest absolute Gasteiger partial charge is 0.381 e. The SMILES string of the molecule is CCNC(=NCCCOCC1CC1)NC1CC1C. The van der Waals surface area contributed by atoms with Crippen molar-refractivity contribution in [3.05, 3.63) is 0 Å². The minimum absolute atomic E-state index is 0.633. The summed E-state index contributed by atoms with van der Waals surface area (Å²) in [4.78, 5) is 4.57. The maximum Gasteiger partial charge on any atom is 0.191 e. The van der Waals surface area contributed by atoms with Crippen LogP contribution in [0.5, 0.6) is 0 Å². The van der Waals surface area contributed by atoms with Crippen molar-refractivity contribution in [1.29, 1.82) is 0 Å². The molecule has 2 aliphatic rings. The van der Waals surface area contributed by atoms with Crippen molar-refractivity contribution >= 4 is 5.96 Å². The summed E-state index contributed by atoms with van der Waals surface area (Å²) in [5, 5.41) is 6.75. The molecule has 0 aliphatic heterocycles. The van der Waals surface area contributed by atoms with E-state index < -0.39 is 0 Å². The standard InChI is InChI=1S/C14H27N3O/c1-3-15-14(17-13-9-11(13)2)16-7-4-8-18-10-12-5-6-12/h11-13H,3-10H2,1-2H3,(H2,15,16,17). The number of hydrogen-bond acceptors (Lipinski definition) is 2. The van der Waals surface area contributed by atoms with E-state index >= 15 is 0 Å². The zero-order valence-corrected chi connectivity index (χ0v) is 11.7. The van der Waals surface area contributed by atoms with Crippen LogP contribution in [0.25, 0.3) is 0 Å². The van der Waals surface area contributed by atoms with Gasteiger partial charge in [0.2, 0.25) is 0 Å². The molecular formula is C14H27N3O. The molecule has 2 unspecified atom stereocenters. The molecule has 2 aliphatic carbocycles. The molecule has 18 heavy (non-hydrogen) atoms. The summed E-state index contributed by atoms with van der Waals surface area (Å²) in [5.41, 5.74) is 0. The van der Waals surface area contributed by atoms with Crippen LogP contribution in [-0.2, 0) is 4.74 Å². The molecular weight excluding hydrogens is 226 g/mol. The fourth-order valence-corrected chi connectivity index (χ4v) is 1.91. The molecule has 2 fully saturated rings. The summed E-state index contributed by atoms with van der Waals surface area (Å²) in [6.07, 6.45) is 5.02. The van der Waals surface area contributed by atoms with Crippen LogP contribution in [-0.4, -0.2) is 38.3 Å². The molecule has 0 spiro atoms. The summed E-state index contributed by atoms with van der Waals surface area (Å²) in [7, 11) is 0. The van der Waals surface area contributed by atoms with Crippen LogP contribution in [0, 0.1) is 11.8 Å². The summed E-state index contributed by atoms with van der Waals surface area (Å²) < 4.78 is 5.60. The third-order valence-corrected chi connectivity index (χ3v) is 3.54. The molecule has 2 saturated carbocycles. The molecule has 0 aromatic rings. The number of nitrogens with zero attached hydrogens (tertiary/aromatic N) is 1. The zero-order valence-electron chi connectivity index (χ0n) is 11.7. The fraction of sp³-hybridized carbons (Fsp3) is 0.929. The number of ether oxygens (including phenoxy) is 1. The van der Waals surface area contributed by atoms with Crippen molar-refractivity contribution in [2.24, 2.45) is 16.8 Å². The quantitative estimate of drug-likeness (QED) is 0.394.